The molecule has 1 aliphatic rings. The molecular weight excluding hydrogens is 192 g/mol. The molecule has 0 saturated heterocycles. The fourth-order valence-electron chi connectivity index (χ4n) is 2.18. The second kappa shape index (κ2) is 4.52. The maximum Gasteiger partial charge on any atom is -0.0102 e. The van der Waals surface area contributed by atoms with Gasteiger partial charge >= 0.3 is 0 Å². The standard InChI is InChI=1S/C16H18/c1-12-7-5-9-16(14(3)10-12)15-8-4-6-13(2)11-15/h4-9,11H,10H2,1-3H3. The average molecular weight is 210 g/mol. The topological polar surface area (TPSA) is 0 Å². The summed E-state index contributed by atoms with van der Waals surface area (Å²) >= 11 is 0. The molecule has 0 heteroatoms. The Morgan fingerprint density at radius 3 is 2.62 bits per heavy atom. The van der Waals surface area contributed by atoms with Gasteiger partial charge in [-0.1, -0.05) is 59.2 Å². The van der Waals surface area contributed by atoms with Crippen LogP contribution in [-0.4, -0.2) is 0 Å². The predicted molar refractivity (Wildman–Crippen MR) is 71.3 cm³/mol. The maximum atomic E-state index is 2.25. The smallest absolute Gasteiger partial charge is 0.0102 e. The van der Waals surface area contributed by atoms with E-state index in [4.69, 9.17) is 0 Å². The molecule has 1 aromatic carbocycles. The fraction of sp³-hybridized carbons (Fsp3) is 0.250. The second-order valence-electron chi connectivity index (χ2n) is 4.61. The third kappa shape index (κ3) is 2.33. The van der Waals surface area contributed by atoms with Crippen molar-refractivity contribution >= 4 is 5.57 Å². The van der Waals surface area contributed by atoms with Crippen molar-refractivity contribution in [2.75, 3.05) is 0 Å². The maximum absolute atomic E-state index is 2.25. The van der Waals surface area contributed by atoms with Gasteiger partial charge in [-0.05, 0) is 38.3 Å². The van der Waals surface area contributed by atoms with Gasteiger partial charge in [0.05, 0.1) is 0 Å². The SMILES string of the molecule is CC1=CC=CC(c2cccc(C)c2)=C(C)C1. The molecule has 16 heavy (non-hydrogen) atoms. The normalized spacial score (nSPS) is 16.1. The Morgan fingerprint density at radius 1 is 1.06 bits per heavy atom. The van der Waals surface area contributed by atoms with Gasteiger partial charge in [-0.3, -0.25) is 0 Å². The minimum Gasteiger partial charge on any atom is -0.0693 e. The fourth-order valence-corrected chi connectivity index (χ4v) is 2.18. The lowest BCUT2D eigenvalue weighted by molar-refractivity contribution is 1.12. The Bertz CT molecular complexity index is 485. The first-order valence-corrected chi connectivity index (χ1v) is 5.77. The van der Waals surface area contributed by atoms with E-state index in [1.807, 2.05) is 0 Å². The quantitative estimate of drug-likeness (QED) is 0.631. The summed E-state index contributed by atoms with van der Waals surface area (Å²) in [6, 6.07) is 8.72. The Morgan fingerprint density at radius 2 is 1.88 bits per heavy atom. The highest BCUT2D eigenvalue weighted by Gasteiger charge is 2.06. The van der Waals surface area contributed by atoms with Crippen molar-refractivity contribution in [3.05, 3.63) is 64.8 Å². The Balaban J connectivity index is 2.45. The molecule has 0 bridgehead atoms. The first-order valence-electron chi connectivity index (χ1n) is 5.77. The summed E-state index contributed by atoms with van der Waals surface area (Å²) in [6.07, 6.45) is 7.66. The zero-order valence-corrected chi connectivity index (χ0v) is 10.2. The van der Waals surface area contributed by atoms with Gasteiger partial charge in [0, 0.05) is 0 Å². The lowest BCUT2D eigenvalue weighted by Crippen LogP contribution is -1.87. The summed E-state index contributed by atoms with van der Waals surface area (Å²) in [5.41, 5.74) is 6.90. The summed E-state index contributed by atoms with van der Waals surface area (Å²) in [7, 11) is 0. The zero-order chi connectivity index (χ0) is 11.5. The van der Waals surface area contributed by atoms with Gasteiger partial charge in [-0.25, -0.2) is 0 Å². The van der Waals surface area contributed by atoms with E-state index in [1.54, 1.807) is 0 Å². The molecule has 0 unspecified atom stereocenters. The zero-order valence-electron chi connectivity index (χ0n) is 10.2. The van der Waals surface area contributed by atoms with Gasteiger partial charge in [-0.2, -0.15) is 0 Å². The van der Waals surface area contributed by atoms with E-state index in [-0.39, 0.29) is 0 Å². The van der Waals surface area contributed by atoms with Crippen LogP contribution >= 0.6 is 0 Å². The van der Waals surface area contributed by atoms with Crippen molar-refractivity contribution in [2.24, 2.45) is 0 Å². The van der Waals surface area contributed by atoms with Crippen LogP contribution in [0, 0.1) is 6.92 Å². The first kappa shape index (κ1) is 10.9. The molecule has 0 atom stereocenters. The van der Waals surface area contributed by atoms with Crippen LogP contribution in [0.2, 0.25) is 0 Å². The lowest BCUT2D eigenvalue weighted by Gasteiger charge is -2.08. The Kier molecular flexibility index (Phi) is 3.09. The summed E-state index contributed by atoms with van der Waals surface area (Å²) in [5.74, 6) is 0. The molecule has 0 spiro atoms. The molecule has 0 amide bonds. The van der Waals surface area contributed by atoms with E-state index in [0.29, 0.717) is 0 Å². The molecule has 0 aromatic heterocycles. The van der Waals surface area contributed by atoms with Crippen LogP contribution in [0.15, 0.2) is 53.6 Å². The number of allylic oxidation sites excluding steroid dienone is 6. The molecule has 0 fully saturated rings. The molecule has 2 rings (SSSR count). The second-order valence-corrected chi connectivity index (χ2v) is 4.61. The van der Waals surface area contributed by atoms with E-state index >= 15 is 0 Å². The predicted octanol–water partition coefficient (Wildman–Crippen LogP) is 4.67. The van der Waals surface area contributed by atoms with Crippen LogP contribution in [0.1, 0.15) is 31.4 Å². The molecule has 82 valence electrons. The van der Waals surface area contributed by atoms with Crippen LogP contribution in [0.25, 0.3) is 5.57 Å². The van der Waals surface area contributed by atoms with Crippen LogP contribution in [-0.2, 0) is 0 Å². The van der Waals surface area contributed by atoms with Gasteiger partial charge in [0.1, 0.15) is 0 Å². The third-order valence-corrected chi connectivity index (χ3v) is 2.98. The van der Waals surface area contributed by atoms with Crippen LogP contribution in [0.5, 0.6) is 0 Å². The number of rotatable bonds is 1. The van der Waals surface area contributed by atoms with Crippen molar-refractivity contribution in [3.8, 4) is 0 Å². The molecule has 0 nitrogen and oxygen atoms in total. The van der Waals surface area contributed by atoms with E-state index in [9.17, 15) is 0 Å². The molecule has 0 saturated carbocycles. The molecular formula is C16H18. The number of benzene rings is 1. The molecule has 1 aliphatic carbocycles. The van der Waals surface area contributed by atoms with Gasteiger partial charge in [-0.15, -0.1) is 0 Å². The monoisotopic (exact) mass is 210 g/mol. The number of hydrogen-bond donors (Lipinski definition) is 0. The lowest BCUT2D eigenvalue weighted by atomic mass is 9.97. The Labute approximate surface area is 98.0 Å². The van der Waals surface area contributed by atoms with Crippen molar-refractivity contribution in [1.82, 2.24) is 0 Å². The van der Waals surface area contributed by atoms with Crippen molar-refractivity contribution in [1.29, 1.82) is 0 Å². The van der Waals surface area contributed by atoms with Gasteiger partial charge in [0.2, 0.25) is 0 Å². The van der Waals surface area contributed by atoms with Crippen molar-refractivity contribution < 1.29 is 0 Å². The minimum absolute atomic E-state index is 1.08. The molecule has 1 aromatic rings. The van der Waals surface area contributed by atoms with Gasteiger partial charge < -0.3 is 0 Å². The number of aryl methyl sites for hydroxylation is 1. The average Bonchev–Trinajstić information content (AvgIpc) is 2.39. The first-order chi connectivity index (χ1) is 7.66. The van der Waals surface area contributed by atoms with Crippen LogP contribution in [0.4, 0.5) is 0 Å². The largest absolute Gasteiger partial charge is 0.0693 e. The molecule has 0 N–H and O–H groups in total. The van der Waals surface area contributed by atoms with Crippen LogP contribution in [0.3, 0.4) is 0 Å². The number of hydrogen-bond acceptors (Lipinski definition) is 0. The van der Waals surface area contributed by atoms with Crippen molar-refractivity contribution in [3.63, 3.8) is 0 Å². The summed E-state index contributed by atoms with van der Waals surface area (Å²) in [5, 5.41) is 0. The van der Waals surface area contributed by atoms with Gasteiger partial charge in [0.15, 0.2) is 0 Å². The molecule has 0 aliphatic heterocycles. The minimum atomic E-state index is 1.08. The third-order valence-electron chi connectivity index (χ3n) is 2.98. The highest BCUT2D eigenvalue weighted by molar-refractivity contribution is 5.78. The highest BCUT2D eigenvalue weighted by Crippen LogP contribution is 2.27. The van der Waals surface area contributed by atoms with Crippen LogP contribution < -0.4 is 0 Å². The van der Waals surface area contributed by atoms with Gasteiger partial charge in [0.25, 0.3) is 0 Å². The van der Waals surface area contributed by atoms with Crippen molar-refractivity contribution in [2.45, 2.75) is 27.2 Å². The van der Waals surface area contributed by atoms with E-state index < -0.39 is 0 Å². The highest BCUT2D eigenvalue weighted by atomic mass is 14.1. The van der Waals surface area contributed by atoms with E-state index in [2.05, 4.69) is 63.3 Å². The van der Waals surface area contributed by atoms with E-state index in [1.165, 1.54) is 27.8 Å². The summed E-state index contributed by atoms with van der Waals surface area (Å²) < 4.78 is 0. The molecule has 0 radical (unpaired) electrons. The summed E-state index contributed by atoms with van der Waals surface area (Å²) in [6.45, 7) is 6.56. The Hall–Kier alpha value is -1.56. The molecule has 0 heterocycles. The summed E-state index contributed by atoms with van der Waals surface area (Å²) in [4.78, 5) is 0. The van der Waals surface area contributed by atoms with E-state index in [0.717, 1.165) is 6.42 Å².